The summed E-state index contributed by atoms with van der Waals surface area (Å²) in [4.78, 5) is 17.7. The average Bonchev–Trinajstić information content (AvgIpc) is 2.75. The van der Waals surface area contributed by atoms with Gasteiger partial charge in [0.15, 0.2) is 5.82 Å². The summed E-state index contributed by atoms with van der Waals surface area (Å²) in [6.45, 7) is 10.9. The smallest absolute Gasteiger partial charge is 0.284 e. The van der Waals surface area contributed by atoms with Crippen molar-refractivity contribution in [1.29, 1.82) is 0 Å². The Morgan fingerprint density at radius 2 is 2.10 bits per heavy atom. The predicted octanol–water partition coefficient (Wildman–Crippen LogP) is 0.626. The van der Waals surface area contributed by atoms with Crippen molar-refractivity contribution in [3.05, 3.63) is 18.2 Å². The van der Waals surface area contributed by atoms with Crippen molar-refractivity contribution in [2.75, 3.05) is 19.6 Å². The third-order valence-corrected chi connectivity index (χ3v) is 3.56. The SMILES string of the molecule is C[C@@H]1CN(CC(C)(C)n2c[c]nc2C(N)=O)C[C@H](C)O1. The molecule has 1 aromatic heterocycles. The number of hydrogen-bond acceptors (Lipinski definition) is 4. The fourth-order valence-corrected chi connectivity index (χ4v) is 2.93. The second-order valence-electron chi connectivity index (χ2n) is 6.19. The van der Waals surface area contributed by atoms with Gasteiger partial charge in [-0.25, -0.2) is 4.98 Å². The van der Waals surface area contributed by atoms with Gasteiger partial charge in [-0.3, -0.25) is 9.69 Å². The van der Waals surface area contributed by atoms with Crippen LogP contribution in [0.25, 0.3) is 0 Å². The Labute approximate surface area is 119 Å². The monoisotopic (exact) mass is 279 g/mol. The molecule has 2 heterocycles. The Balaban J connectivity index is 2.14. The lowest BCUT2D eigenvalue weighted by atomic mass is 10.0. The number of primary amides is 1. The molecular formula is C14H23N4O2. The average molecular weight is 279 g/mol. The van der Waals surface area contributed by atoms with E-state index in [1.54, 1.807) is 10.8 Å². The number of hydrogen-bond donors (Lipinski definition) is 1. The zero-order valence-electron chi connectivity index (χ0n) is 12.6. The number of ether oxygens (including phenoxy) is 1. The van der Waals surface area contributed by atoms with E-state index >= 15 is 0 Å². The molecule has 2 rings (SSSR count). The van der Waals surface area contributed by atoms with Gasteiger partial charge in [-0.05, 0) is 27.7 Å². The molecule has 1 aromatic rings. The molecule has 1 amide bonds. The standard InChI is InChI=1S/C14H23N4O2/c1-10-7-17(8-11(2)20-10)9-14(3,4)18-6-5-16-13(18)12(15)19/h6,10-11H,7-9H2,1-4H3,(H2,15,19)/t10-,11+. The number of imidazole rings is 1. The topological polar surface area (TPSA) is 73.4 Å². The van der Waals surface area contributed by atoms with Crippen LogP contribution in [0.5, 0.6) is 0 Å². The molecule has 2 N–H and O–H groups in total. The van der Waals surface area contributed by atoms with E-state index in [9.17, 15) is 4.79 Å². The van der Waals surface area contributed by atoms with E-state index in [1.165, 1.54) is 0 Å². The van der Waals surface area contributed by atoms with Crippen molar-refractivity contribution in [3.8, 4) is 0 Å². The van der Waals surface area contributed by atoms with Crippen LogP contribution < -0.4 is 5.73 Å². The molecule has 111 valence electrons. The molecule has 2 atom stereocenters. The molecule has 0 spiro atoms. The summed E-state index contributed by atoms with van der Waals surface area (Å²) in [5, 5.41) is 0. The van der Waals surface area contributed by atoms with E-state index < -0.39 is 5.91 Å². The van der Waals surface area contributed by atoms with Crippen molar-refractivity contribution in [1.82, 2.24) is 14.5 Å². The van der Waals surface area contributed by atoms with Gasteiger partial charge in [0, 0.05) is 25.8 Å². The first-order valence-corrected chi connectivity index (χ1v) is 6.93. The van der Waals surface area contributed by atoms with Crippen molar-refractivity contribution in [2.45, 2.75) is 45.4 Å². The van der Waals surface area contributed by atoms with Gasteiger partial charge in [-0.2, -0.15) is 0 Å². The summed E-state index contributed by atoms with van der Waals surface area (Å²) in [6, 6.07) is 0. The summed E-state index contributed by atoms with van der Waals surface area (Å²) >= 11 is 0. The molecule has 0 unspecified atom stereocenters. The van der Waals surface area contributed by atoms with Crippen molar-refractivity contribution in [3.63, 3.8) is 0 Å². The molecule has 6 heteroatoms. The van der Waals surface area contributed by atoms with Crippen LogP contribution >= 0.6 is 0 Å². The number of nitrogens with zero attached hydrogens (tertiary/aromatic N) is 3. The van der Waals surface area contributed by atoms with Crippen LogP contribution in [0.2, 0.25) is 0 Å². The maximum atomic E-state index is 11.4. The molecule has 0 aliphatic carbocycles. The second kappa shape index (κ2) is 5.54. The highest BCUT2D eigenvalue weighted by molar-refractivity contribution is 5.89. The molecule has 0 saturated carbocycles. The van der Waals surface area contributed by atoms with Crippen LogP contribution in [-0.2, 0) is 10.3 Å². The molecule has 0 bridgehead atoms. The van der Waals surface area contributed by atoms with Crippen LogP contribution in [-0.4, -0.2) is 52.2 Å². The maximum Gasteiger partial charge on any atom is 0.284 e. The Kier molecular flexibility index (Phi) is 4.15. The highest BCUT2D eigenvalue weighted by Gasteiger charge is 2.31. The maximum absolute atomic E-state index is 11.4. The van der Waals surface area contributed by atoms with E-state index in [2.05, 4.69) is 43.8 Å². The van der Waals surface area contributed by atoms with Crippen molar-refractivity contribution < 1.29 is 9.53 Å². The van der Waals surface area contributed by atoms with E-state index in [1.807, 2.05) is 0 Å². The van der Waals surface area contributed by atoms with Crippen LogP contribution in [0.4, 0.5) is 0 Å². The lowest BCUT2D eigenvalue weighted by Gasteiger charge is -2.40. The molecule has 0 aromatic carbocycles. The lowest BCUT2D eigenvalue weighted by molar-refractivity contribution is -0.0748. The summed E-state index contributed by atoms with van der Waals surface area (Å²) in [7, 11) is 0. The summed E-state index contributed by atoms with van der Waals surface area (Å²) < 4.78 is 7.55. The minimum atomic E-state index is -0.525. The Bertz CT molecular complexity index is 473. The largest absolute Gasteiger partial charge is 0.373 e. The number of nitrogens with two attached hydrogens (primary N) is 1. The molecule has 6 nitrogen and oxygen atoms in total. The quantitative estimate of drug-likeness (QED) is 0.877. The van der Waals surface area contributed by atoms with Gasteiger partial charge in [-0.1, -0.05) is 0 Å². The molecule has 1 radical (unpaired) electrons. The van der Waals surface area contributed by atoms with Gasteiger partial charge in [0.05, 0.1) is 17.7 Å². The number of morpholine rings is 1. The molecule has 1 saturated heterocycles. The number of amides is 1. The predicted molar refractivity (Wildman–Crippen MR) is 75.4 cm³/mol. The molecule has 1 fully saturated rings. The van der Waals surface area contributed by atoms with Gasteiger partial charge in [0.25, 0.3) is 5.91 Å². The van der Waals surface area contributed by atoms with Crippen LogP contribution in [0.3, 0.4) is 0 Å². The fraction of sp³-hybridized carbons (Fsp3) is 0.714. The summed E-state index contributed by atoms with van der Waals surface area (Å²) in [6.07, 6.45) is 4.84. The molecule has 20 heavy (non-hydrogen) atoms. The Morgan fingerprint density at radius 1 is 1.50 bits per heavy atom. The highest BCUT2D eigenvalue weighted by Crippen LogP contribution is 2.21. The van der Waals surface area contributed by atoms with E-state index in [4.69, 9.17) is 10.5 Å². The highest BCUT2D eigenvalue weighted by atomic mass is 16.5. The van der Waals surface area contributed by atoms with Crippen LogP contribution in [0.15, 0.2) is 6.20 Å². The minimum absolute atomic E-state index is 0.222. The lowest BCUT2D eigenvalue weighted by Crippen LogP contribution is -2.51. The van der Waals surface area contributed by atoms with Gasteiger partial charge >= 0.3 is 0 Å². The second-order valence-corrected chi connectivity index (χ2v) is 6.19. The molecule has 1 aliphatic heterocycles. The Hall–Kier alpha value is -1.40. The van der Waals surface area contributed by atoms with Crippen molar-refractivity contribution in [2.24, 2.45) is 5.73 Å². The summed E-state index contributed by atoms with van der Waals surface area (Å²) in [5.41, 5.74) is 5.07. The van der Waals surface area contributed by atoms with E-state index in [0.29, 0.717) is 0 Å². The van der Waals surface area contributed by atoms with Gasteiger partial charge in [-0.15, -0.1) is 0 Å². The van der Waals surface area contributed by atoms with Crippen LogP contribution in [0.1, 0.15) is 38.3 Å². The first kappa shape index (κ1) is 15.0. The van der Waals surface area contributed by atoms with Crippen molar-refractivity contribution >= 4 is 5.91 Å². The fourth-order valence-electron chi connectivity index (χ4n) is 2.93. The first-order chi connectivity index (χ1) is 9.29. The number of carbonyl (C=O) groups is 1. The Morgan fingerprint density at radius 3 is 2.65 bits per heavy atom. The number of aromatic nitrogens is 2. The summed E-state index contributed by atoms with van der Waals surface area (Å²) in [5.74, 6) is -0.271. The van der Waals surface area contributed by atoms with Crippen LogP contribution in [0, 0.1) is 6.20 Å². The minimum Gasteiger partial charge on any atom is -0.373 e. The first-order valence-electron chi connectivity index (χ1n) is 6.93. The zero-order valence-corrected chi connectivity index (χ0v) is 12.6. The zero-order chi connectivity index (χ0) is 14.9. The number of rotatable bonds is 4. The molecule has 1 aliphatic rings. The normalized spacial score (nSPS) is 24.8. The number of carbonyl (C=O) groups excluding carboxylic acids is 1. The van der Waals surface area contributed by atoms with E-state index in [-0.39, 0.29) is 23.6 Å². The molecular weight excluding hydrogens is 256 g/mol. The van der Waals surface area contributed by atoms with E-state index in [0.717, 1.165) is 19.6 Å². The third kappa shape index (κ3) is 3.19. The van der Waals surface area contributed by atoms with Gasteiger partial charge in [0.1, 0.15) is 6.20 Å². The van der Waals surface area contributed by atoms with Gasteiger partial charge in [0.2, 0.25) is 0 Å². The third-order valence-electron chi connectivity index (χ3n) is 3.56. The van der Waals surface area contributed by atoms with Gasteiger partial charge < -0.3 is 15.0 Å².